The van der Waals surface area contributed by atoms with Crippen molar-refractivity contribution >= 4 is 16.9 Å². The summed E-state index contributed by atoms with van der Waals surface area (Å²) in [6, 6.07) is 2.02. The minimum Gasteiger partial charge on any atom is -0.381 e. The van der Waals surface area contributed by atoms with E-state index in [1.54, 1.807) is 4.68 Å². The molecule has 2 aromatic rings. The van der Waals surface area contributed by atoms with Crippen LogP contribution in [-0.4, -0.2) is 51.9 Å². The number of nitrogens with zero attached hydrogens (tertiary/aromatic N) is 4. The zero-order valence-electron chi connectivity index (χ0n) is 15.3. The van der Waals surface area contributed by atoms with Crippen molar-refractivity contribution in [3.8, 4) is 0 Å². The number of aromatic nitrogens is 3. The third-order valence-corrected chi connectivity index (χ3v) is 5.39. The SMILES string of the molecule is CCN(CC1CCOC1)C(=O)c1cc(C2CC2)nc2c1c(C)nn2C. The fourth-order valence-electron chi connectivity index (χ4n) is 3.79. The van der Waals surface area contributed by atoms with Gasteiger partial charge in [0.15, 0.2) is 5.65 Å². The Morgan fingerprint density at radius 3 is 2.84 bits per heavy atom. The van der Waals surface area contributed by atoms with Crippen LogP contribution in [0.1, 0.15) is 53.8 Å². The number of aryl methyl sites for hydroxylation is 2. The van der Waals surface area contributed by atoms with E-state index in [0.717, 1.165) is 54.2 Å². The van der Waals surface area contributed by atoms with Crippen molar-refractivity contribution in [1.82, 2.24) is 19.7 Å². The van der Waals surface area contributed by atoms with Crippen LogP contribution in [0, 0.1) is 12.8 Å². The van der Waals surface area contributed by atoms with Gasteiger partial charge in [-0.3, -0.25) is 9.48 Å². The maximum Gasteiger partial charge on any atom is 0.254 e. The van der Waals surface area contributed by atoms with Gasteiger partial charge in [-0.2, -0.15) is 5.10 Å². The Morgan fingerprint density at radius 2 is 2.20 bits per heavy atom. The predicted octanol–water partition coefficient (Wildman–Crippen LogP) is 2.65. The first kappa shape index (κ1) is 16.5. The van der Waals surface area contributed by atoms with Crippen molar-refractivity contribution in [2.45, 2.75) is 39.0 Å². The summed E-state index contributed by atoms with van der Waals surface area (Å²) in [5.41, 5.74) is 3.50. The van der Waals surface area contributed by atoms with Gasteiger partial charge in [0.05, 0.1) is 23.3 Å². The number of hydrogen-bond donors (Lipinski definition) is 0. The molecule has 3 heterocycles. The summed E-state index contributed by atoms with van der Waals surface area (Å²) in [7, 11) is 1.90. The van der Waals surface area contributed by atoms with E-state index >= 15 is 0 Å². The van der Waals surface area contributed by atoms with E-state index < -0.39 is 0 Å². The summed E-state index contributed by atoms with van der Waals surface area (Å²) >= 11 is 0. The molecule has 1 unspecified atom stereocenters. The highest BCUT2D eigenvalue weighted by atomic mass is 16.5. The number of ether oxygens (including phenoxy) is 1. The Morgan fingerprint density at radius 1 is 1.40 bits per heavy atom. The van der Waals surface area contributed by atoms with Crippen molar-refractivity contribution < 1.29 is 9.53 Å². The molecule has 2 aliphatic rings. The van der Waals surface area contributed by atoms with Crippen molar-refractivity contribution in [3.63, 3.8) is 0 Å². The molecule has 2 aromatic heterocycles. The molecule has 25 heavy (non-hydrogen) atoms. The van der Waals surface area contributed by atoms with Crippen LogP contribution in [0.25, 0.3) is 11.0 Å². The summed E-state index contributed by atoms with van der Waals surface area (Å²) in [5.74, 6) is 1.04. The first-order chi connectivity index (χ1) is 12.1. The van der Waals surface area contributed by atoms with E-state index in [4.69, 9.17) is 9.72 Å². The monoisotopic (exact) mass is 342 g/mol. The summed E-state index contributed by atoms with van der Waals surface area (Å²) in [6.45, 7) is 7.04. The fourth-order valence-corrected chi connectivity index (χ4v) is 3.79. The summed E-state index contributed by atoms with van der Waals surface area (Å²) < 4.78 is 7.28. The Labute approximate surface area is 148 Å². The topological polar surface area (TPSA) is 60.2 Å². The Kier molecular flexibility index (Phi) is 4.23. The molecule has 2 fully saturated rings. The number of pyridine rings is 1. The lowest BCUT2D eigenvalue weighted by Gasteiger charge is -2.24. The maximum atomic E-state index is 13.4. The van der Waals surface area contributed by atoms with E-state index in [-0.39, 0.29) is 5.91 Å². The van der Waals surface area contributed by atoms with E-state index in [1.807, 2.05) is 31.9 Å². The van der Waals surface area contributed by atoms with Crippen LogP contribution in [0.3, 0.4) is 0 Å². The Bertz CT molecular complexity index is 803. The molecule has 1 aliphatic carbocycles. The van der Waals surface area contributed by atoms with Crippen LogP contribution in [0.4, 0.5) is 0 Å². The molecule has 0 aromatic carbocycles. The average Bonchev–Trinajstić information content (AvgIpc) is 3.26. The summed E-state index contributed by atoms with van der Waals surface area (Å²) in [6.07, 6.45) is 3.37. The second-order valence-electron chi connectivity index (χ2n) is 7.35. The quantitative estimate of drug-likeness (QED) is 0.838. The lowest BCUT2D eigenvalue weighted by atomic mass is 10.0. The Hall–Kier alpha value is -1.95. The third kappa shape index (κ3) is 3.03. The van der Waals surface area contributed by atoms with Crippen LogP contribution in [-0.2, 0) is 11.8 Å². The van der Waals surface area contributed by atoms with Crippen LogP contribution in [0.5, 0.6) is 0 Å². The first-order valence-corrected chi connectivity index (χ1v) is 9.29. The molecule has 0 bridgehead atoms. The molecule has 1 aliphatic heterocycles. The number of carbonyl (C=O) groups is 1. The number of amides is 1. The smallest absolute Gasteiger partial charge is 0.254 e. The van der Waals surface area contributed by atoms with Crippen molar-refractivity contribution in [3.05, 3.63) is 23.0 Å². The van der Waals surface area contributed by atoms with Crippen LogP contribution in [0.2, 0.25) is 0 Å². The molecule has 1 atom stereocenters. The summed E-state index contributed by atoms with van der Waals surface area (Å²) in [4.78, 5) is 20.1. The number of rotatable bonds is 5. The molecule has 1 amide bonds. The van der Waals surface area contributed by atoms with Gasteiger partial charge in [0, 0.05) is 44.3 Å². The van der Waals surface area contributed by atoms with E-state index in [1.165, 1.54) is 12.8 Å². The molecular formula is C19H26N4O2. The van der Waals surface area contributed by atoms with Crippen LogP contribution < -0.4 is 0 Å². The van der Waals surface area contributed by atoms with Crippen LogP contribution in [0.15, 0.2) is 6.07 Å². The molecule has 0 radical (unpaired) electrons. The molecule has 0 spiro atoms. The van der Waals surface area contributed by atoms with Crippen molar-refractivity contribution in [2.75, 3.05) is 26.3 Å². The van der Waals surface area contributed by atoms with Gasteiger partial charge in [-0.15, -0.1) is 0 Å². The molecule has 6 heteroatoms. The second-order valence-corrected chi connectivity index (χ2v) is 7.35. The van der Waals surface area contributed by atoms with E-state index in [0.29, 0.717) is 18.4 Å². The normalized spacial score (nSPS) is 20.4. The first-order valence-electron chi connectivity index (χ1n) is 9.29. The molecule has 1 saturated heterocycles. The fraction of sp³-hybridized carbons (Fsp3) is 0.632. The van der Waals surface area contributed by atoms with Gasteiger partial charge < -0.3 is 9.64 Å². The maximum absolute atomic E-state index is 13.4. The number of fused-ring (bicyclic) bond motifs is 1. The predicted molar refractivity (Wildman–Crippen MR) is 95.7 cm³/mol. The highest BCUT2D eigenvalue weighted by molar-refractivity contribution is 6.06. The standard InChI is InChI=1S/C19H26N4O2/c1-4-23(10-13-7-8-25-11-13)19(24)15-9-16(14-5-6-14)20-18-17(15)12(2)21-22(18)3/h9,13-14H,4-8,10-11H2,1-3H3. The Balaban J connectivity index is 1.73. The van der Waals surface area contributed by atoms with Gasteiger partial charge in [-0.1, -0.05) is 0 Å². The second kappa shape index (κ2) is 6.41. The zero-order chi connectivity index (χ0) is 17.6. The van der Waals surface area contributed by atoms with E-state index in [9.17, 15) is 4.79 Å². The summed E-state index contributed by atoms with van der Waals surface area (Å²) in [5, 5.41) is 5.41. The lowest BCUT2D eigenvalue weighted by Crippen LogP contribution is -2.35. The van der Waals surface area contributed by atoms with Gasteiger partial charge in [-0.25, -0.2) is 4.98 Å². The van der Waals surface area contributed by atoms with Gasteiger partial charge in [0.25, 0.3) is 5.91 Å². The third-order valence-electron chi connectivity index (χ3n) is 5.39. The lowest BCUT2D eigenvalue weighted by molar-refractivity contribution is 0.0732. The van der Waals surface area contributed by atoms with Crippen LogP contribution >= 0.6 is 0 Å². The van der Waals surface area contributed by atoms with Crippen molar-refractivity contribution in [2.24, 2.45) is 13.0 Å². The molecule has 1 saturated carbocycles. The zero-order valence-corrected chi connectivity index (χ0v) is 15.3. The average molecular weight is 342 g/mol. The largest absolute Gasteiger partial charge is 0.381 e. The molecule has 134 valence electrons. The van der Waals surface area contributed by atoms with Gasteiger partial charge in [-0.05, 0) is 39.2 Å². The number of hydrogen-bond acceptors (Lipinski definition) is 4. The molecule has 4 rings (SSSR count). The number of carbonyl (C=O) groups excluding carboxylic acids is 1. The van der Waals surface area contributed by atoms with Crippen molar-refractivity contribution in [1.29, 1.82) is 0 Å². The van der Waals surface area contributed by atoms with Gasteiger partial charge in [0.2, 0.25) is 0 Å². The highest BCUT2D eigenvalue weighted by Crippen LogP contribution is 2.40. The van der Waals surface area contributed by atoms with Gasteiger partial charge in [0.1, 0.15) is 0 Å². The van der Waals surface area contributed by atoms with Gasteiger partial charge >= 0.3 is 0 Å². The molecule has 0 N–H and O–H groups in total. The minimum atomic E-state index is 0.0970. The van der Waals surface area contributed by atoms with E-state index in [2.05, 4.69) is 5.10 Å². The molecule has 6 nitrogen and oxygen atoms in total. The highest BCUT2D eigenvalue weighted by Gasteiger charge is 2.30. The minimum absolute atomic E-state index is 0.0970. The molecular weight excluding hydrogens is 316 g/mol.